The number of nitrogens with zero attached hydrogens (tertiary/aromatic N) is 3. The molecule has 0 saturated heterocycles. The Hall–Kier alpha value is -4.01. The van der Waals surface area contributed by atoms with Crippen molar-refractivity contribution in [1.29, 1.82) is 0 Å². The molecule has 0 unspecified atom stereocenters. The molecule has 0 aliphatic heterocycles. The standard InChI is InChI=1S/C18H13N5O4/c24-14(21-22-17(25)12-6-3-4-8-19-12)9-23-10-20-15-11-5-1-2-7-13(11)27-16(15)18(23)26/h1-8,10H,9H2,(H,21,24)(H,22,25). The number of furan rings is 1. The lowest BCUT2D eigenvalue weighted by Gasteiger charge is -2.08. The van der Waals surface area contributed by atoms with E-state index < -0.39 is 17.4 Å². The van der Waals surface area contributed by atoms with Crippen LogP contribution in [0, 0.1) is 0 Å². The number of rotatable bonds is 3. The molecule has 2 amide bonds. The van der Waals surface area contributed by atoms with Crippen molar-refractivity contribution in [3.63, 3.8) is 0 Å². The quantitative estimate of drug-likeness (QED) is 0.524. The van der Waals surface area contributed by atoms with Crippen molar-refractivity contribution in [2.75, 3.05) is 0 Å². The number of carbonyl (C=O) groups is 2. The van der Waals surface area contributed by atoms with E-state index >= 15 is 0 Å². The van der Waals surface area contributed by atoms with Gasteiger partial charge in [0.1, 0.15) is 23.3 Å². The first-order valence-corrected chi connectivity index (χ1v) is 8.00. The summed E-state index contributed by atoms with van der Waals surface area (Å²) in [5.74, 6) is -1.17. The number of aromatic nitrogens is 3. The van der Waals surface area contributed by atoms with E-state index in [0.29, 0.717) is 11.1 Å². The van der Waals surface area contributed by atoms with Crippen LogP contribution in [0.25, 0.3) is 22.1 Å². The van der Waals surface area contributed by atoms with E-state index in [2.05, 4.69) is 20.8 Å². The Kier molecular flexibility index (Phi) is 4.09. The highest BCUT2D eigenvalue weighted by Crippen LogP contribution is 2.23. The minimum atomic E-state index is -0.598. The summed E-state index contributed by atoms with van der Waals surface area (Å²) >= 11 is 0. The molecule has 0 radical (unpaired) electrons. The molecule has 9 nitrogen and oxygen atoms in total. The van der Waals surface area contributed by atoms with Crippen molar-refractivity contribution in [1.82, 2.24) is 25.4 Å². The van der Waals surface area contributed by atoms with Gasteiger partial charge in [-0.3, -0.25) is 34.8 Å². The van der Waals surface area contributed by atoms with Gasteiger partial charge in [0.2, 0.25) is 5.58 Å². The molecule has 0 aliphatic carbocycles. The average Bonchev–Trinajstić information content (AvgIpc) is 3.08. The average molecular weight is 363 g/mol. The van der Waals surface area contributed by atoms with Gasteiger partial charge >= 0.3 is 0 Å². The predicted molar refractivity (Wildman–Crippen MR) is 95.6 cm³/mol. The minimum Gasteiger partial charge on any atom is -0.448 e. The van der Waals surface area contributed by atoms with Gasteiger partial charge in [-0.2, -0.15) is 0 Å². The van der Waals surface area contributed by atoms with E-state index in [1.807, 2.05) is 6.07 Å². The normalized spacial score (nSPS) is 10.8. The number of hydrogen-bond donors (Lipinski definition) is 2. The number of hydrazine groups is 1. The summed E-state index contributed by atoms with van der Waals surface area (Å²) in [5, 5.41) is 0.726. The molecule has 134 valence electrons. The lowest BCUT2D eigenvalue weighted by atomic mass is 10.2. The highest BCUT2D eigenvalue weighted by atomic mass is 16.3. The molecule has 3 heterocycles. The van der Waals surface area contributed by atoms with Crippen molar-refractivity contribution in [3.8, 4) is 0 Å². The molecule has 2 N–H and O–H groups in total. The van der Waals surface area contributed by atoms with Gasteiger partial charge in [0.25, 0.3) is 17.4 Å². The number of nitrogens with one attached hydrogen (secondary N) is 2. The third kappa shape index (κ3) is 3.13. The summed E-state index contributed by atoms with van der Waals surface area (Å²) < 4.78 is 6.66. The summed E-state index contributed by atoms with van der Waals surface area (Å²) in [7, 11) is 0. The van der Waals surface area contributed by atoms with Crippen LogP contribution < -0.4 is 16.4 Å². The van der Waals surface area contributed by atoms with Crippen molar-refractivity contribution in [3.05, 3.63) is 71.0 Å². The van der Waals surface area contributed by atoms with E-state index in [1.54, 1.807) is 30.3 Å². The monoisotopic (exact) mass is 363 g/mol. The van der Waals surface area contributed by atoms with E-state index in [0.717, 1.165) is 9.95 Å². The topological polar surface area (TPSA) is 119 Å². The maximum absolute atomic E-state index is 12.5. The number of para-hydroxylation sites is 1. The largest absolute Gasteiger partial charge is 0.448 e. The number of carbonyl (C=O) groups excluding carboxylic acids is 2. The fourth-order valence-corrected chi connectivity index (χ4v) is 2.61. The van der Waals surface area contributed by atoms with Gasteiger partial charge in [0, 0.05) is 11.6 Å². The zero-order valence-corrected chi connectivity index (χ0v) is 13.9. The Morgan fingerprint density at radius 2 is 1.85 bits per heavy atom. The summed E-state index contributed by atoms with van der Waals surface area (Å²) in [4.78, 5) is 44.5. The van der Waals surface area contributed by atoms with Crippen molar-refractivity contribution < 1.29 is 14.0 Å². The first-order valence-electron chi connectivity index (χ1n) is 8.00. The van der Waals surface area contributed by atoms with E-state index in [1.165, 1.54) is 18.6 Å². The number of amides is 2. The molecule has 4 aromatic rings. The second-order valence-electron chi connectivity index (χ2n) is 5.67. The summed E-state index contributed by atoms with van der Waals surface area (Å²) in [6.07, 6.45) is 2.73. The van der Waals surface area contributed by atoms with Gasteiger partial charge in [0.15, 0.2) is 0 Å². The molecule has 0 bridgehead atoms. The lowest BCUT2D eigenvalue weighted by Crippen LogP contribution is -2.44. The Bertz CT molecular complexity index is 1210. The number of benzene rings is 1. The van der Waals surface area contributed by atoms with Gasteiger partial charge in [0.05, 0.1) is 6.33 Å². The molecule has 9 heteroatoms. The molecular formula is C18H13N5O4. The van der Waals surface area contributed by atoms with Gasteiger partial charge in [-0.15, -0.1) is 0 Å². The summed E-state index contributed by atoms with van der Waals surface area (Å²) in [6, 6.07) is 12.0. The van der Waals surface area contributed by atoms with Crippen LogP contribution in [0.3, 0.4) is 0 Å². The van der Waals surface area contributed by atoms with Crippen LogP contribution >= 0.6 is 0 Å². The maximum atomic E-state index is 12.5. The first-order chi connectivity index (χ1) is 13.1. The second-order valence-corrected chi connectivity index (χ2v) is 5.67. The fourth-order valence-electron chi connectivity index (χ4n) is 2.61. The zero-order chi connectivity index (χ0) is 18.8. The van der Waals surface area contributed by atoms with Crippen LogP contribution in [0.1, 0.15) is 10.5 Å². The van der Waals surface area contributed by atoms with Crippen molar-refractivity contribution in [2.45, 2.75) is 6.54 Å². The third-order valence-electron chi connectivity index (χ3n) is 3.88. The first kappa shape index (κ1) is 16.5. The number of pyridine rings is 1. The molecule has 27 heavy (non-hydrogen) atoms. The number of hydrogen-bond acceptors (Lipinski definition) is 6. The second kappa shape index (κ2) is 6.71. The van der Waals surface area contributed by atoms with Crippen molar-refractivity contribution >= 4 is 33.9 Å². The predicted octanol–water partition coefficient (Wildman–Crippen LogP) is 0.999. The van der Waals surface area contributed by atoms with E-state index in [4.69, 9.17) is 4.42 Å². The van der Waals surface area contributed by atoms with Gasteiger partial charge in [-0.05, 0) is 24.3 Å². The smallest absolute Gasteiger partial charge is 0.297 e. The van der Waals surface area contributed by atoms with Crippen LogP contribution in [-0.4, -0.2) is 26.3 Å². The van der Waals surface area contributed by atoms with Crippen molar-refractivity contribution in [2.24, 2.45) is 0 Å². The lowest BCUT2D eigenvalue weighted by molar-refractivity contribution is -0.122. The summed E-state index contributed by atoms with van der Waals surface area (Å²) in [5.41, 5.74) is 5.20. The highest BCUT2D eigenvalue weighted by molar-refractivity contribution is 6.01. The van der Waals surface area contributed by atoms with Crippen LogP contribution in [0.15, 0.2) is 64.2 Å². The minimum absolute atomic E-state index is 0.0732. The molecule has 0 spiro atoms. The Labute approximate surface area is 151 Å². The van der Waals surface area contributed by atoms with Crippen LogP contribution in [-0.2, 0) is 11.3 Å². The molecule has 0 atom stereocenters. The molecule has 0 aliphatic rings. The fraction of sp³-hybridized carbons (Fsp3) is 0.0556. The van der Waals surface area contributed by atoms with Gasteiger partial charge < -0.3 is 4.42 Å². The molecule has 0 saturated carbocycles. The zero-order valence-electron chi connectivity index (χ0n) is 13.9. The number of fused-ring (bicyclic) bond motifs is 3. The van der Waals surface area contributed by atoms with E-state index in [9.17, 15) is 14.4 Å². The molecular weight excluding hydrogens is 350 g/mol. The van der Waals surface area contributed by atoms with E-state index in [-0.39, 0.29) is 17.8 Å². The Morgan fingerprint density at radius 1 is 1.04 bits per heavy atom. The van der Waals surface area contributed by atoms with Crippen LogP contribution in [0.5, 0.6) is 0 Å². The Morgan fingerprint density at radius 3 is 2.67 bits per heavy atom. The molecule has 1 aromatic carbocycles. The maximum Gasteiger partial charge on any atom is 0.297 e. The van der Waals surface area contributed by atoms with Gasteiger partial charge in [-0.1, -0.05) is 18.2 Å². The third-order valence-corrected chi connectivity index (χ3v) is 3.88. The Balaban J connectivity index is 1.50. The molecule has 0 fully saturated rings. The molecule has 4 rings (SSSR count). The summed E-state index contributed by atoms with van der Waals surface area (Å²) in [6.45, 7) is -0.332. The molecule has 3 aromatic heterocycles. The SMILES string of the molecule is O=C(Cn1cnc2c(oc3ccccc32)c1=O)NNC(=O)c1ccccn1. The van der Waals surface area contributed by atoms with Crippen LogP contribution in [0.2, 0.25) is 0 Å². The highest BCUT2D eigenvalue weighted by Gasteiger charge is 2.15. The van der Waals surface area contributed by atoms with Crippen LogP contribution in [0.4, 0.5) is 0 Å². The van der Waals surface area contributed by atoms with Gasteiger partial charge in [-0.25, -0.2) is 4.98 Å².